The summed E-state index contributed by atoms with van der Waals surface area (Å²) in [6.07, 6.45) is -0.798. The van der Waals surface area contributed by atoms with Crippen molar-refractivity contribution in [2.45, 2.75) is 112 Å². The molecule has 0 spiro atoms. The van der Waals surface area contributed by atoms with Crippen LogP contribution in [0.15, 0.2) is 121 Å². The molecule has 6 aromatic carbocycles. The zero-order valence-corrected chi connectivity index (χ0v) is 39.5. The molecule has 0 unspecified atom stereocenters. The van der Waals surface area contributed by atoms with E-state index in [-0.39, 0.29) is 61.1 Å². The second-order valence-corrected chi connectivity index (χ2v) is 17.8. The third kappa shape index (κ3) is 9.18. The molecule has 1 N–H and O–H groups in total. The SMILES string of the molecule is [2H]c1nc(-c2[c-]c(-c3cccc4c3nc(-c3cc(C)cc(C)c3O)n4-c3ccc(-c4cc(C(C)C)cc(C([2H])(C)C)c4)cc3C([2H])([2H])[2H])cc(C(C)(C)C)c2)c([2H])c(-c2c([2H])c([2H])c(C(C([2H])([2H])[2H])(C([2H])([2H])[2H])C([2H])([2H])[2H])c([2H])c2[2H])c1[2H].[Pt]. The van der Waals surface area contributed by atoms with Gasteiger partial charge in [0.2, 0.25) is 0 Å². The molecule has 0 atom stereocenters. The van der Waals surface area contributed by atoms with E-state index in [1.54, 1.807) is 73.9 Å². The average molecular weight is 1040 g/mol. The van der Waals surface area contributed by atoms with Crippen molar-refractivity contribution >= 4 is 11.0 Å². The van der Waals surface area contributed by atoms with Crippen LogP contribution in [-0.4, -0.2) is 19.6 Å². The Balaban J connectivity index is 0.0000101. The van der Waals surface area contributed by atoms with Crippen molar-refractivity contribution < 1.29 is 53.6 Å². The van der Waals surface area contributed by atoms with Gasteiger partial charge in [-0.15, -0.1) is 29.3 Å². The molecule has 0 amide bonds. The maximum absolute atomic E-state index is 11.9. The number of phenolic OH excluding ortho intramolecular Hbond substituents is 1. The van der Waals surface area contributed by atoms with Crippen molar-refractivity contribution in [3.63, 3.8) is 0 Å². The van der Waals surface area contributed by atoms with Crippen LogP contribution in [0.2, 0.25) is 0 Å². The van der Waals surface area contributed by atoms with Crippen LogP contribution in [0.4, 0.5) is 0 Å². The van der Waals surface area contributed by atoms with E-state index in [9.17, 15) is 6.48 Å². The van der Waals surface area contributed by atoms with Gasteiger partial charge in [-0.1, -0.05) is 153 Å². The zero-order chi connectivity index (χ0) is 62.1. The smallest absolute Gasteiger partial charge is 0.148 e. The Hall–Kier alpha value is -5.57. The molecule has 0 saturated heterocycles. The fraction of sp³-hybridized carbons (Fsp3) is 0.288. The summed E-state index contributed by atoms with van der Waals surface area (Å²) < 4.78 is 176. The van der Waals surface area contributed by atoms with E-state index in [2.05, 4.69) is 11.1 Å². The Morgan fingerprint density at radius 3 is 2.14 bits per heavy atom. The number of hydrogen-bond acceptors (Lipinski definition) is 3. The first-order valence-corrected chi connectivity index (χ1v) is 20.8. The molecular formula is C59H62N3OPt-. The quantitative estimate of drug-likeness (QED) is 0.154. The van der Waals surface area contributed by atoms with Crippen molar-refractivity contribution in [3.05, 3.63) is 166 Å². The molecule has 0 aliphatic carbocycles. The molecule has 0 aliphatic heterocycles. The minimum absolute atomic E-state index is 0. The summed E-state index contributed by atoms with van der Waals surface area (Å²) in [5, 5.41) is 11.9. The molecule has 5 heteroatoms. The fourth-order valence-corrected chi connectivity index (χ4v) is 7.69. The van der Waals surface area contributed by atoms with Crippen LogP contribution < -0.4 is 0 Å². The van der Waals surface area contributed by atoms with Gasteiger partial charge in [0.15, 0.2) is 0 Å². The van der Waals surface area contributed by atoms with E-state index < -0.39 is 103 Å². The number of imidazole rings is 1. The van der Waals surface area contributed by atoms with Gasteiger partial charge >= 0.3 is 0 Å². The monoisotopic (exact) mass is 1040 g/mol. The number of rotatable bonds is 8. The topological polar surface area (TPSA) is 50.9 Å². The van der Waals surface area contributed by atoms with Gasteiger partial charge in [0.1, 0.15) is 11.6 Å². The van der Waals surface area contributed by atoms with Crippen LogP contribution in [0, 0.1) is 26.8 Å². The number of benzene rings is 6. The maximum Gasteiger partial charge on any atom is 0.148 e. The van der Waals surface area contributed by atoms with E-state index in [0.29, 0.717) is 44.4 Å². The second-order valence-electron chi connectivity index (χ2n) is 17.8. The standard InChI is InChI=1S/C59H62N3O.Pt/c1-35(2)43-28-44(36(3)4)30-45(29-43)41-19-22-53(38(6)27-41)62-54-16-14-15-50(55(54)61-57(62)51-26-37(5)25-39(7)56(51)63)46-31-47(33-49(32-46)59(11,12)13)52-34-42(23-24-60-52)40-17-20-48(21-18-40)58(8,9)10;/h14-30,32-36,63H,1-13H3;/q-1;/i6D3,8D3,9D3,10D3,17D,18D,20D,21D,23D,24D,34D,35D;. The van der Waals surface area contributed by atoms with Gasteiger partial charge in [0, 0.05) is 50.8 Å². The predicted octanol–water partition coefficient (Wildman–Crippen LogP) is 16.0. The first kappa shape index (κ1) is 27.0. The molecule has 64 heavy (non-hydrogen) atoms. The van der Waals surface area contributed by atoms with Crippen molar-refractivity contribution in [2.75, 3.05) is 0 Å². The molecule has 0 aliphatic rings. The number of aromatic nitrogens is 3. The summed E-state index contributed by atoms with van der Waals surface area (Å²) in [6.45, 7) is 2.43. The average Bonchev–Trinajstić information content (AvgIpc) is 0.966. The van der Waals surface area contributed by atoms with Crippen molar-refractivity contribution in [1.29, 1.82) is 0 Å². The number of pyridine rings is 1. The van der Waals surface area contributed by atoms with Crippen LogP contribution in [0.25, 0.3) is 72.7 Å². The van der Waals surface area contributed by atoms with Crippen LogP contribution >= 0.6 is 0 Å². The van der Waals surface area contributed by atoms with Crippen LogP contribution in [0.5, 0.6) is 5.75 Å². The molecule has 8 rings (SSSR count). The normalized spacial score (nSPS) is 17.5. The van der Waals surface area contributed by atoms with E-state index in [1.165, 1.54) is 0 Å². The summed E-state index contributed by atoms with van der Waals surface area (Å²) in [6, 6.07) is 20.0. The fourth-order valence-electron chi connectivity index (χ4n) is 7.69. The minimum Gasteiger partial charge on any atom is -0.507 e. The molecule has 4 nitrogen and oxygen atoms in total. The molecule has 2 heterocycles. The van der Waals surface area contributed by atoms with Gasteiger partial charge in [-0.05, 0) is 129 Å². The summed E-state index contributed by atoms with van der Waals surface area (Å²) in [7, 11) is 0. The van der Waals surface area contributed by atoms with E-state index >= 15 is 0 Å². The first-order valence-electron chi connectivity index (χ1n) is 30.8. The number of aryl methyl sites for hydroxylation is 3. The zero-order valence-electron chi connectivity index (χ0n) is 57.2. The van der Waals surface area contributed by atoms with Gasteiger partial charge < -0.3 is 5.11 Å². The third-order valence-electron chi connectivity index (χ3n) is 11.3. The molecule has 0 bridgehead atoms. The van der Waals surface area contributed by atoms with Gasteiger partial charge in [0.05, 0.1) is 31.9 Å². The Bertz CT molecular complexity index is 3870. The predicted molar refractivity (Wildman–Crippen MR) is 266 cm³/mol. The number of aromatic hydroxyl groups is 1. The van der Waals surface area contributed by atoms with Crippen molar-refractivity contribution in [1.82, 2.24) is 14.5 Å². The number of nitrogens with zero attached hydrogens (tertiary/aromatic N) is 3. The summed E-state index contributed by atoms with van der Waals surface area (Å²) in [5.74, 6) is -0.775. The van der Waals surface area contributed by atoms with E-state index in [1.807, 2.05) is 71.9 Å². The van der Waals surface area contributed by atoms with Crippen LogP contribution in [-0.2, 0) is 31.9 Å². The Labute approximate surface area is 424 Å². The number of phenols is 1. The maximum atomic E-state index is 11.9. The second kappa shape index (κ2) is 17.8. The van der Waals surface area contributed by atoms with Gasteiger partial charge in [-0.25, -0.2) is 4.98 Å². The van der Waals surface area contributed by atoms with E-state index in [4.69, 9.17) is 31.0 Å². The van der Waals surface area contributed by atoms with E-state index in [0.717, 1.165) is 22.3 Å². The number of hydrogen-bond donors (Lipinski definition) is 1. The molecule has 330 valence electrons. The van der Waals surface area contributed by atoms with Gasteiger partial charge in [-0.3, -0.25) is 9.55 Å². The van der Waals surface area contributed by atoms with Crippen LogP contribution in [0.1, 0.15) is 147 Å². The Morgan fingerprint density at radius 1 is 0.719 bits per heavy atom. The third-order valence-corrected chi connectivity index (χ3v) is 11.3. The minimum atomic E-state index is -3.95. The summed E-state index contributed by atoms with van der Waals surface area (Å²) in [4.78, 5) is 9.57. The van der Waals surface area contributed by atoms with Gasteiger partial charge in [0.25, 0.3) is 0 Å². The molecule has 8 aromatic rings. The number of para-hydroxylation sites is 1. The van der Waals surface area contributed by atoms with Crippen molar-refractivity contribution in [3.8, 4) is 67.5 Å². The molecule has 0 fully saturated rings. The summed E-state index contributed by atoms with van der Waals surface area (Å²) in [5.41, 5.74) is -0.834. The Morgan fingerprint density at radius 2 is 1.45 bits per heavy atom. The molecule has 2 aromatic heterocycles. The number of fused-ring (bicyclic) bond motifs is 1. The summed E-state index contributed by atoms with van der Waals surface area (Å²) >= 11 is 0. The largest absolute Gasteiger partial charge is 0.507 e. The van der Waals surface area contributed by atoms with Gasteiger partial charge in [-0.2, -0.15) is 0 Å². The molecule has 0 radical (unpaired) electrons. The van der Waals surface area contributed by atoms with Crippen molar-refractivity contribution in [2.24, 2.45) is 0 Å². The van der Waals surface area contributed by atoms with Crippen LogP contribution in [0.3, 0.4) is 0 Å². The molecule has 0 saturated carbocycles. The first-order chi connectivity index (χ1) is 37.9. The molecular weight excluding hydrogens is 962 g/mol. The Kier molecular flexibility index (Phi) is 7.51.